The monoisotopic (exact) mass is 400 g/mol. The highest BCUT2D eigenvalue weighted by Crippen LogP contribution is 2.50. The zero-order valence-corrected chi connectivity index (χ0v) is 15.5. The van der Waals surface area contributed by atoms with E-state index in [1.165, 1.54) is 35.8 Å². The molecule has 3 heterocycles. The van der Waals surface area contributed by atoms with Crippen LogP contribution in [-0.2, 0) is 16.5 Å². The van der Waals surface area contributed by atoms with Gasteiger partial charge in [-0.15, -0.1) is 11.3 Å². The van der Waals surface area contributed by atoms with E-state index in [0.717, 1.165) is 11.3 Å². The third-order valence-corrected chi connectivity index (χ3v) is 5.65. The number of ether oxygens (including phenoxy) is 2. The van der Waals surface area contributed by atoms with E-state index >= 15 is 0 Å². The van der Waals surface area contributed by atoms with Crippen molar-refractivity contribution in [2.75, 3.05) is 13.6 Å². The van der Waals surface area contributed by atoms with Crippen LogP contribution >= 0.6 is 11.3 Å². The Morgan fingerprint density at radius 3 is 3.07 bits per heavy atom. The minimum atomic E-state index is -3.10. The van der Waals surface area contributed by atoms with Crippen molar-refractivity contribution >= 4 is 11.3 Å². The Morgan fingerprint density at radius 2 is 2.26 bits per heavy atom. The van der Waals surface area contributed by atoms with E-state index in [0.29, 0.717) is 0 Å². The molecule has 3 nitrogen and oxygen atoms in total. The maximum Gasteiger partial charge on any atom is 0.132 e. The highest BCUT2D eigenvalue weighted by molar-refractivity contribution is 7.10. The van der Waals surface area contributed by atoms with Crippen LogP contribution in [0.2, 0.25) is 0 Å². The summed E-state index contributed by atoms with van der Waals surface area (Å²) in [6.45, 7) is -2.66. The first-order chi connectivity index (χ1) is 18.8. The van der Waals surface area contributed by atoms with Crippen LogP contribution in [0.4, 0.5) is 0 Å². The van der Waals surface area contributed by atoms with Crippen molar-refractivity contribution in [1.82, 2.24) is 4.98 Å². The van der Waals surface area contributed by atoms with E-state index in [2.05, 4.69) is 4.98 Å². The van der Waals surface area contributed by atoms with Crippen LogP contribution in [0.3, 0.4) is 0 Å². The Morgan fingerprint density at radius 1 is 1.33 bits per heavy atom. The molecule has 2 aliphatic rings. The van der Waals surface area contributed by atoms with Gasteiger partial charge in [-0.3, -0.25) is 4.98 Å². The molecule has 146 valence electrons. The highest BCUT2D eigenvalue weighted by Gasteiger charge is 2.48. The average Bonchev–Trinajstić information content (AvgIpc) is 3.30. The molecule has 1 aliphatic heterocycles. The molecular formula is C23H31NO2S. The number of rotatable bonds is 7. The lowest BCUT2D eigenvalue weighted by molar-refractivity contribution is -0.104. The van der Waals surface area contributed by atoms with Crippen molar-refractivity contribution in [3.63, 3.8) is 0 Å². The number of aryl methyl sites for hydroxylation is 1. The summed E-state index contributed by atoms with van der Waals surface area (Å²) >= 11 is 0.779. The van der Waals surface area contributed by atoms with Gasteiger partial charge in [0.05, 0.1) is 19.5 Å². The minimum Gasteiger partial charge on any atom is -0.496 e. The number of thiophene rings is 1. The van der Waals surface area contributed by atoms with Crippen molar-refractivity contribution in [3.05, 3.63) is 46.4 Å². The second kappa shape index (κ2) is 8.32. The van der Waals surface area contributed by atoms with Crippen LogP contribution in [0.15, 0.2) is 35.8 Å². The fourth-order valence-corrected chi connectivity index (χ4v) is 4.20. The summed E-state index contributed by atoms with van der Waals surface area (Å²) in [6, 6.07) is 5.64. The van der Waals surface area contributed by atoms with E-state index < -0.39 is 88.6 Å². The van der Waals surface area contributed by atoms with Gasteiger partial charge >= 0.3 is 0 Å². The summed E-state index contributed by atoms with van der Waals surface area (Å²) in [5, 5.41) is 1.37. The summed E-state index contributed by atoms with van der Waals surface area (Å²) < 4.78 is 137. The third kappa shape index (κ3) is 4.07. The molecule has 1 saturated heterocycles. The lowest BCUT2D eigenvalue weighted by atomic mass is 9.67. The summed E-state index contributed by atoms with van der Waals surface area (Å²) in [4.78, 5) is 3.99. The van der Waals surface area contributed by atoms with Crippen molar-refractivity contribution in [2.45, 2.75) is 75.0 Å². The van der Waals surface area contributed by atoms with Gasteiger partial charge in [0.25, 0.3) is 0 Å². The van der Waals surface area contributed by atoms with Crippen LogP contribution < -0.4 is 4.74 Å². The average molecular weight is 401 g/mol. The van der Waals surface area contributed by atoms with E-state index in [4.69, 9.17) is 27.3 Å². The highest BCUT2D eigenvalue weighted by atomic mass is 32.1. The van der Waals surface area contributed by atoms with Crippen LogP contribution in [0.1, 0.15) is 88.7 Å². The maximum absolute atomic E-state index is 9.29. The topological polar surface area (TPSA) is 31.4 Å². The normalized spacial score (nSPS) is 40.2. The molecule has 0 unspecified atom stereocenters. The fourth-order valence-electron chi connectivity index (χ4n) is 3.49. The Bertz CT molecular complexity index is 1280. The van der Waals surface area contributed by atoms with E-state index in [1.54, 1.807) is 0 Å². The van der Waals surface area contributed by atoms with Crippen LogP contribution in [-0.4, -0.2) is 24.2 Å². The number of hydrogen-bond donors (Lipinski definition) is 0. The molecule has 0 radical (unpaired) electrons. The Hall–Kier alpha value is -1.39. The predicted molar refractivity (Wildman–Crippen MR) is 111 cm³/mol. The number of hydrogen-bond acceptors (Lipinski definition) is 4. The number of pyridine rings is 1. The molecule has 1 spiro atoms. The zero-order valence-electron chi connectivity index (χ0n) is 29.7. The van der Waals surface area contributed by atoms with Gasteiger partial charge in [-0.2, -0.15) is 0 Å². The molecule has 2 aromatic heterocycles. The van der Waals surface area contributed by atoms with Gasteiger partial charge in [-0.25, -0.2) is 0 Å². The van der Waals surface area contributed by atoms with Crippen LogP contribution in [0.25, 0.3) is 0 Å². The molecule has 0 bridgehead atoms. The molecule has 4 rings (SSSR count). The lowest BCUT2D eigenvalue weighted by Crippen LogP contribution is -2.46. The first-order valence-corrected chi connectivity index (χ1v) is 9.56. The van der Waals surface area contributed by atoms with E-state index in [-0.39, 0.29) is 16.3 Å². The summed E-state index contributed by atoms with van der Waals surface area (Å²) in [7, 11) is -2.91. The molecule has 1 atom stereocenters. The first kappa shape index (κ1) is 8.16. The van der Waals surface area contributed by atoms with Crippen molar-refractivity contribution in [3.8, 4) is 5.75 Å². The second-order valence-electron chi connectivity index (χ2n) is 6.66. The molecule has 0 amide bonds. The maximum atomic E-state index is 9.29. The Balaban J connectivity index is 1.84. The molecule has 2 aromatic rings. The second-order valence-corrected chi connectivity index (χ2v) is 7.57. The number of methoxy groups -OCH3 is 1. The minimum absolute atomic E-state index is 0.0680. The van der Waals surface area contributed by atoms with Gasteiger partial charge in [0.2, 0.25) is 0 Å². The summed E-state index contributed by atoms with van der Waals surface area (Å²) in [6.07, 6.45) is -16.1. The van der Waals surface area contributed by atoms with Gasteiger partial charge < -0.3 is 9.47 Å². The van der Waals surface area contributed by atoms with Crippen molar-refractivity contribution < 1.29 is 30.0 Å². The zero-order chi connectivity index (χ0) is 31.8. The van der Waals surface area contributed by atoms with Crippen LogP contribution in [0, 0.1) is 0 Å². The first-order valence-electron chi connectivity index (χ1n) is 16.2. The fraction of sp³-hybridized carbons (Fsp3) is 0.609. The van der Waals surface area contributed by atoms with Gasteiger partial charge in [-0.05, 0) is 68.4 Å². The largest absolute Gasteiger partial charge is 0.496 e. The van der Waals surface area contributed by atoms with E-state index in [1.807, 2.05) is 0 Å². The van der Waals surface area contributed by atoms with Gasteiger partial charge in [-0.1, -0.05) is 25.2 Å². The quantitative estimate of drug-likeness (QED) is 0.577. The molecule has 2 fully saturated rings. The molecule has 0 N–H and O–H groups in total. The van der Waals surface area contributed by atoms with E-state index in [9.17, 15) is 2.74 Å². The van der Waals surface area contributed by atoms with Crippen molar-refractivity contribution in [1.29, 1.82) is 0 Å². The van der Waals surface area contributed by atoms with Gasteiger partial charge in [0.1, 0.15) is 5.75 Å². The molecule has 4 heteroatoms. The lowest BCUT2D eigenvalue weighted by Gasteiger charge is -2.46. The summed E-state index contributed by atoms with van der Waals surface area (Å²) in [5.41, 5.74) is -4.11. The molecular weight excluding hydrogens is 354 g/mol. The molecule has 0 aromatic carbocycles. The van der Waals surface area contributed by atoms with Gasteiger partial charge in [0, 0.05) is 42.4 Å². The third-order valence-electron chi connectivity index (χ3n) is 4.79. The Labute approximate surface area is 188 Å². The van der Waals surface area contributed by atoms with Gasteiger partial charge in [0.15, 0.2) is 0 Å². The standard InChI is InChI=1S/C23H31NO2S/c1-25-19-10-17-27-20(19)8-2-4-11-22(21-9-3-7-15-24-21)14-16-26-23(18-22)12-5-6-13-23/h3,7,9-10,15,17H,2,4-6,8,11-14,16,18H2,1H3/t22-/m1/s1/i1D3,4D2,5D2,6D2,8D2,11D2,16D2. The number of nitrogens with zero attached hydrogens (tertiary/aromatic N) is 1. The summed E-state index contributed by atoms with van der Waals surface area (Å²) in [5.74, 6) is -0.336. The predicted octanol–water partition coefficient (Wildman–Crippen LogP) is 5.93. The molecule has 1 aliphatic carbocycles. The Kier molecular flexibility index (Phi) is 2.51. The number of aromatic nitrogens is 1. The molecule has 27 heavy (non-hydrogen) atoms. The van der Waals surface area contributed by atoms with Crippen molar-refractivity contribution in [2.24, 2.45) is 0 Å². The smallest absolute Gasteiger partial charge is 0.132 e. The SMILES string of the molecule is [2H]C([2H])([2H])Oc1ccsc1C([2H])([2H])CC([2H])([2H])C([2H])([2H])[C@@]1(c2ccccn2)CC([2H])([2H])OC2(CC([2H])([2H])C([2H])([2H])C2)C1. The molecule has 1 saturated carbocycles. The van der Waals surface area contributed by atoms with Crippen LogP contribution in [0.5, 0.6) is 5.75 Å².